The Balaban J connectivity index is 2.38. The number of furan rings is 1. The van der Waals surface area contributed by atoms with Gasteiger partial charge in [-0.2, -0.15) is 0 Å². The van der Waals surface area contributed by atoms with Crippen LogP contribution in [0, 0.1) is 0 Å². The lowest BCUT2D eigenvalue weighted by Gasteiger charge is -2.11. The van der Waals surface area contributed by atoms with Gasteiger partial charge in [0.15, 0.2) is 10.4 Å². The molecule has 1 rings (SSSR count). The van der Waals surface area contributed by atoms with E-state index in [0.29, 0.717) is 4.67 Å². The van der Waals surface area contributed by atoms with Gasteiger partial charge in [-0.1, -0.05) is 0 Å². The summed E-state index contributed by atoms with van der Waals surface area (Å²) in [6.07, 6.45) is 0. The van der Waals surface area contributed by atoms with Crippen molar-refractivity contribution in [2.45, 2.75) is 13.0 Å². The molecular formula is C11H13BrN2O5. The molecule has 0 fully saturated rings. The van der Waals surface area contributed by atoms with Crippen molar-refractivity contribution in [1.82, 2.24) is 10.6 Å². The maximum absolute atomic E-state index is 11.5. The highest BCUT2D eigenvalue weighted by Gasteiger charge is 2.17. The minimum atomic E-state index is -0.771. The van der Waals surface area contributed by atoms with E-state index in [1.807, 2.05) is 0 Å². The van der Waals surface area contributed by atoms with Crippen LogP contribution in [0.4, 0.5) is 0 Å². The van der Waals surface area contributed by atoms with Crippen molar-refractivity contribution in [1.29, 1.82) is 0 Å². The fourth-order valence-electron chi connectivity index (χ4n) is 1.21. The van der Waals surface area contributed by atoms with E-state index in [2.05, 4.69) is 31.3 Å². The summed E-state index contributed by atoms with van der Waals surface area (Å²) in [6, 6.07) is 2.26. The van der Waals surface area contributed by atoms with Gasteiger partial charge in [-0.05, 0) is 35.0 Å². The van der Waals surface area contributed by atoms with Gasteiger partial charge in [0.2, 0.25) is 5.91 Å². The van der Waals surface area contributed by atoms with Crippen molar-refractivity contribution in [3.63, 3.8) is 0 Å². The third kappa shape index (κ3) is 4.74. The van der Waals surface area contributed by atoms with Gasteiger partial charge in [0, 0.05) is 0 Å². The number of amides is 2. The molecule has 8 heteroatoms. The lowest BCUT2D eigenvalue weighted by molar-refractivity contribution is -0.144. The number of carbonyl (C=O) groups is 3. The van der Waals surface area contributed by atoms with Crippen molar-refractivity contribution in [3.8, 4) is 0 Å². The molecule has 104 valence electrons. The summed E-state index contributed by atoms with van der Waals surface area (Å²) in [4.78, 5) is 34.0. The molecule has 1 unspecified atom stereocenters. The van der Waals surface area contributed by atoms with Crippen molar-refractivity contribution in [2.75, 3.05) is 13.7 Å². The topological polar surface area (TPSA) is 97.6 Å². The molecule has 1 atom stereocenters. The minimum absolute atomic E-state index is 0.0840. The maximum Gasteiger partial charge on any atom is 0.328 e. The van der Waals surface area contributed by atoms with Crippen LogP contribution in [0.25, 0.3) is 0 Å². The third-order valence-electron chi connectivity index (χ3n) is 2.14. The highest BCUT2D eigenvalue weighted by molar-refractivity contribution is 9.10. The molecule has 0 bridgehead atoms. The van der Waals surface area contributed by atoms with Gasteiger partial charge in [-0.15, -0.1) is 0 Å². The molecule has 2 amide bonds. The molecule has 0 spiro atoms. The molecule has 2 N–H and O–H groups in total. The van der Waals surface area contributed by atoms with Gasteiger partial charge < -0.3 is 19.8 Å². The maximum atomic E-state index is 11.5. The van der Waals surface area contributed by atoms with Crippen LogP contribution >= 0.6 is 15.9 Å². The number of carbonyl (C=O) groups excluding carboxylic acids is 3. The number of ether oxygens (including phenoxy) is 1. The Morgan fingerprint density at radius 3 is 2.63 bits per heavy atom. The predicted octanol–water partition coefficient (Wildman–Crippen LogP) is 0.450. The van der Waals surface area contributed by atoms with E-state index in [4.69, 9.17) is 4.42 Å². The highest BCUT2D eigenvalue weighted by Crippen LogP contribution is 2.13. The minimum Gasteiger partial charge on any atom is -0.467 e. The molecule has 1 heterocycles. The Bertz CT molecular complexity index is 485. The summed E-state index contributed by atoms with van der Waals surface area (Å²) < 4.78 is 9.88. The van der Waals surface area contributed by atoms with Crippen molar-refractivity contribution in [2.24, 2.45) is 0 Å². The first kappa shape index (κ1) is 15.2. The van der Waals surface area contributed by atoms with E-state index in [-0.39, 0.29) is 12.3 Å². The Morgan fingerprint density at radius 1 is 1.42 bits per heavy atom. The summed E-state index contributed by atoms with van der Waals surface area (Å²) in [6.45, 7) is 1.22. The van der Waals surface area contributed by atoms with Crippen LogP contribution < -0.4 is 10.6 Å². The van der Waals surface area contributed by atoms with Gasteiger partial charge >= 0.3 is 5.97 Å². The van der Waals surface area contributed by atoms with Gasteiger partial charge in [0.25, 0.3) is 5.91 Å². The summed E-state index contributed by atoms with van der Waals surface area (Å²) >= 11 is 3.06. The number of nitrogens with one attached hydrogen (secondary N) is 2. The van der Waals surface area contributed by atoms with Crippen molar-refractivity contribution < 1.29 is 23.5 Å². The Morgan fingerprint density at radius 2 is 2.11 bits per heavy atom. The SMILES string of the molecule is COC(=O)C(C)NC(=O)CNC(=O)c1ccc(Br)o1. The van der Waals surface area contributed by atoms with E-state index in [1.54, 1.807) is 6.07 Å². The van der Waals surface area contributed by atoms with Crippen LogP contribution in [-0.2, 0) is 14.3 Å². The number of hydrogen-bond acceptors (Lipinski definition) is 5. The molecule has 0 saturated heterocycles. The normalized spacial score (nSPS) is 11.5. The Hall–Kier alpha value is -1.83. The lowest BCUT2D eigenvalue weighted by Crippen LogP contribution is -2.44. The number of rotatable bonds is 5. The first-order valence-electron chi connectivity index (χ1n) is 5.34. The van der Waals surface area contributed by atoms with Gasteiger partial charge in [0.1, 0.15) is 6.04 Å². The molecule has 0 saturated carbocycles. The van der Waals surface area contributed by atoms with E-state index in [0.717, 1.165) is 0 Å². The van der Waals surface area contributed by atoms with Crippen LogP contribution in [-0.4, -0.2) is 37.5 Å². The molecular weight excluding hydrogens is 320 g/mol. The number of halogens is 1. The van der Waals surface area contributed by atoms with E-state index >= 15 is 0 Å². The zero-order valence-electron chi connectivity index (χ0n) is 10.4. The molecule has 19 heavy (non-hydrogen) atoms. The van der Waals surface area contributed by atoms with Crippen molar-refractivity contribution in [3.05, 3.63) is 22.6 Å². The molecule has 0 aliphatic heterocycles. The zero-order valence-corrected chi connectivity index (χ0v) is 11.9. The van der Waals surface area contributed by atoms with Crippen LogP contribution in [0.2, 0.25) is 0 Å². The van der Waals surface area contributed by atoms with E-state index in [1.165, 1.54) is 20.1 Å². The first-order valence-corrected chi connectivity index (χ1v) is 6.14. The standard InChI is InChI=1S/C11H13BrN2O5/c1-6(11(17)18-2)14-9(15)5-13-10(16)7-3-4-8(12)19-7/h3-4,6H,5H2,1-2H3,(H,13,16)(H,14,15). The molecule has 0 aromatic carbocycles. The van der Waals surface area contributed by atoms with E-state index in [9.17, 15) is 14.4 Å². The zero-order chi connectivity index (χ0) is 14.4. The largest absolute Gasteiger partial charge is 0.467 e. The Labute approximate surface area is 117 Å². The molecule has 0 radical (unpaired) electrons. The molecule has 7 nitrogen and oxygen atoms in total. The first-order chi connectivity index (χ1) is 8.93. The molecule has 1 aromatic heterocycles. The number of hydrogen-bond donors (Lipinski definition) is 2. The van der Waals surface area contributed by atoms with E-state index < -0.39 is 23.8 Å². The highest BCUT2D eigenvalue weighted by atomic mass is 79.9. The quantitative estimate of drug-likeness (QED) is 0.763. The van der Waals surface area contributed by atoms with Gasteiger partial charge in [-0.3, -0.25) is 9.59 Å². The molecule has 0 aliphatic rings. The second-order valence-corrected chi connectivity index (χ2v) is 4.38. The number of esters is 1. The molecule has 0 aliphatic carbocycles. The second kappa shape index (κ2) is 6.93. The summed E-state index contributed by atoms with van der Waals surface area (Å²) in [5, 5.41) is 4.73. The lowest BCUT2D eigenvalue weighted by atomic mass is 10.3. The fourth-order valence-corrected chi connectivity index (χ4v) is 1.52. The average molecular weight is 333 g/mol. The van der Waals surface area contributed by atoms with Crippen LogP contribution in [0.5, 0.6) is 0 Å². The van der Waals surface area contributed by atoms with Crippen LogP contribution in [0.3, 0.4) is 0 Å². The summed E-state index contributed by atoms with van der Waals surface area (Å²) in [7, 11) is 1.22. The fraction of sp³-hybridized carbons (Fsp3) is 0.364. The van der Waals surface area contributed by atoms with Crippen LogP contribution in [0.1, 0.15) is 17.5 Å². The van der Waals surface area contributed by atoms with Gasteiger partial charge in [0.05, 0.1) is 13.7 Å². The van der Waals surface area contributed by atoms with Crippen molar-refractivity contribution >= 4 is 33.7 Å². The Kier molecular flexibility index (Phi) is 5.56. The smallest absolute Gasteiger partial charge is 0.328 e. The summed E-state index contributed by atoms with van der Waals surface area (Å²) in [5.74, 6) is -1.50. The molecule has 1 aromatic rings. The predicted molar refractivity (Wildman–Crippen MR) is 68.4 cm³/mol. The van der Waals surface area contributed by atoms with Crippen LogP contribution in [0.15, 0.2) is 21.2 Å². The van der Waals surface area contributed by atoms with Gasteiger partial charge in [-0.25, -0.2) is 4.79 Å². The third-order valence-corrected chi connectivity index (χ3v) is 2.56. The summed E-state index contributed by atoms with van der Waals surface area (Å²) in [5.41, 5.74) is 0. The second-order valence-electron chi connectivity index (χ2n) is 3.60. The average Bonchev–Trinajstić information content (AvgIpc) is 2.81. The monoisotopic (exact) mass is 332 g/mol. The number of methoxy groups -OCH3 is 1.